The van der Waals surface area contributed by atoms with Gasteiger partial charge >= 0.3 is 0 Å². The quantitative estimate of drug-likeness (QED) is 0.693. The summed E-state index contributed by atoms with van der Waals surface area (Å²) in [6.07, 6.45) is 5.99. The number of fused-ring (bicyclic) bond motifs is 1. The smallest absolute Gasteiger partial charge is 0.107 e. The number of hydrogen-bond donors (Lipinski definition) is 0. The first kappa shape index (κ1) is 14.6. The van der Waals surface area contributed by atoms with E-state index in [0.29, 0.717) is 11.0 Å². The maximum atomic E-state index is 12.6. The Morgan fingerprint density at radius 1 is 1.27 bits per heavy atom. The van der Waals surface area contributed by atoms with E-state index in [2.05, 4.69) is 16.2 Å². The zero-order valence-electron chi connectivity index (χ0n) is 8.74. The van der Waals surface area contributed by atoms with Gasteiger partial charge < -0.3 is 11.4 Å². The molecular formula is C11H11FN2Y-2. The minimum atomic E-state index is -0.300. The Morgan fingerprint density at radius 2 is 1.93 bits per heavy atom. The first-order valence-electron chi connectivity index (χ1n) is 4.30. The van der Waals surface area contributed by atoms with Gasteiger partial charge in [-0.05, 0) is 18.3 Å². The van der Waals surface area contributed by atoms with Gasteiger partial charge in [0.05, 0.1) is 0 Å². The van der Waals surface area contributed by atoms with Crippen LogP contribution in [0, 0.1) is 18.4 Å². The van der Waals surface area contributed by atoms with Crippen LogP contribution in [0.2, 0.25) is 0 Å². The van der Waals surface area contributed by atoms with Gasteiger partial charge in [-0.1, -0.05) is 11.6 Å². The number of halogens is 1. The van der Waals surface area contributed by atoms with E-state index in [9.17, 15) is 4.39 Å². The number of benzene rings is 1. The topological polar surface area (TPSA) is 25.8 Å². The van der Waals surface area contributed by atoms with Gasteiger partial charge in [-0.2, -0.15) is 13.8 Å². The second-order valence-electron chi connectivity index (χ2n) is 2.71. The van der Waals surface area contributed by atoms with Crippen molar-refractivity contribution in [1.29, 1.82) is 0 Å². The number of nitrogens with zero attached hydrogens (tertiary/aromatic N) is 2. The summed E-state index contributed by atoms with van der Waals surface area (Å²) in [4.78, 5) is 7.75. The molecule has 0 unspecified atom stereocenters. The van der Waals surface area contributed by atoms with Crippen LogP contribution in [-0.2, 0) is 32.7 Å². The Hall–Kier alpha value is -0.406. The predicted octanol–water partition coefficient (Wildman–Crippen LogP) is 2.80. The van der Waals surface area contributed by atoms with Crippen LogP contribution in [0.5, 0.6) is 0 Å². The summed E-state index contributed by atoms with van der Waals surface area (Å²) >= 11 is 0. The van der Waals surface area contributed by atoms with E-state index in [1.807, 2.05) is 20.3 Å². The summed E-state index contributed by atoms with van der Waals surface area (Å²) in [7, 11) is 0. The summed E-state index contributed by atoms with van der Waals surface area (Å²) in [5, 5.41) is 0. The molecule has 0 bridgehead atoms. The molecule has 2 nitrogen and oxygen atoms in total. The average molecular weight is 279 g/mol. The molecule has 0 spiro atoms. The van der Waals surface area contributed by atoms with Crippen molar-refractivity contribution in [2.75, 3.05) is 0 Å². The third-order valence-corrected chi connectivity index (χ3v) is 1.38. The summed E-state index contributed by atoms with van der Waals surface area (Å²) < 4.78 is 12.6. The molecule has 0 saturated carbocycles. The molecule has 4 heteroatoms. The Labute approximate surface area is 114 Å². The summed E-state index contributed by atoms with van der Waals surface area (Å²) in [6, 6.07) is 4.28. The van der Waals surface area contributed by atoms with E-state index in [1.54, 1.807) is 6.07 Å². The van der Waals surface area contributed by atoms with Crippen LogP contribution in [-0.4, -0.2) is 9.97 Å². The van der Waals surface area contributed by atoms with Crippen LogP contribution in [0.25, 0.3) is 11.0 Å². The van der Waals surface area contributed by atoms with Crippen LogP contribution in [0.4, 0.5) is 4.39 Å². The molecule has 77 valence electrons. The summed E-state index contributed by atoms with van der Waals surface area (Å²) in [5.74, 6) is -0.300. The zero-order valence-corrected chi connectivity index (χ0v) is 11.6. The van der Waals surface area contributed by atoms with Crippen molar-refractivity contribution in [3.63, 3.8) is 0 Å². The summed E-state index contributed by atoms with van der Waals surface area (Å²) in [6.45, 7) is 4.00. The van der Waals surface area contributed by atoms with Crippen LogP contribution in [0.1, 0.15) is 13.8 Å². The van der Waals surface area contributed by atoms with E-state index < -0.39 is 0 Å². The Bertz CT molecular complexity index is 406. The van der Waals surface area contributed by atoms with Gasteiger partial charge in [-0.3, -0.25) is 4.98 Å². The van der Waals surface area contributed by atoms with Crippen LogP contribution >= 0.6 is 0 Å². The van der Waals surface area contributed by atoms with E-state index >= 15 is 0 Å². The molecule has 0 aliphatic heterocycles. The van der Waals surface area contributed by atoms with Crippen molar-refractivity contribution >= 4 is 11.0 Å². The molecular weight excluding hydrogens is 268 g/mol. The van der Waals surface area contributed by atoms with Crippen molar-refractivity contribution in [2.45, 2.75) is 13.8 Å². The third-order valence-electron chi connectivity index (χ3n) is 1.38. The molecule has 0 atom stereocenters. The Kier molecular flexibility index (Phi) is 7.62. The van der Waals surface area contributed by atoms with Gasteiger partial charge in [-0.15, -0.1) is 6.20 Å². The normalized spacial score (nSPS) is 8.73. The van der Waals surface area contributed by atoms with E-state index in [1.165, 1.54) is 18.3 Å². The predicted molar refractivity (Wildman–Crippen MR) is 54.0 cm³/mol. The SMILES string of the molecule is C[CH-]C.Fc1ccc2nc[c-]nc2c1.[Y]. The second kappa shape index (κ2) is 7.83. The minimum absolute atomic E-state index is 0. The van der Waals surface area contributed by atoms with Gasteiger partial charge in [0.25, 0.3) is 0 Å². The molecule has 1 aromatic heterocycles. The minimum Gasteiger partial charge on any atom is -0.448 e. The molecule has 0 aliphatic carbocycles. The first-order chi connectivity index (χ1) is 6.77. The van der Waals surface area contributed by atoms with E-state index in [4.69, 9.17) is 0 Å². The van der Waals surface area contributed by atoms with Gasteiger partial charge in [0, 0.05) is 38.2 Å². The van der Waals surface area contributed by atoms with Gasteiger partial charge in [0.2, 0.25) is 0 Å². The molecule has 0 fully saturated rings. The van der Waals surface area contributed by atoms with E-state index in [0.717, 1.165) is 0 Å². The van der Waals surface area contributed by atoms with Crippen LogP contribution in [0.15, 0.2) is 24.4 Å². The second-order valence-corrected chi connectivity index (χ2v) is 2.71. The summed E-state index contributed by atoms with van der Waals surface area (Å²) in [5.41, 5.74) is 1.22. The Morgan fingerprint density at radius 3 is 2.60 bits per heavy atom. The van der Waals surface area contributed by atoms with Crippen LogP contribution < -0.4 is 0 Å². The molecule has 0 aliphatic rings. The molecule has 1 aromatic carbocycles. The Balaban J connectivity index is 0.000000443. The maximum Gasteiger partial charge on any atom is 0.107 e. The fourth-order valence-corrected chi connectivity index (χ4v) is 0.892. The molecule has 2 aromatic rings. The first-order valence-corrected chi connectivity index (χ1v) is 4.30. The third kappa shape index (κ3) is 4.76. The molecule has 0 saturated heterocycles. The number of aromatic nitrogens is 2. The van der Waals surface area contributed by atoms with Gasteiger partial charge in [0.15, 0.2) is 0 Å². The molecule has 0 N–H and O–H groups in total. The molecule has 1 radical (unpaired) electrons. The zero-order chi connectivity index (χ0) is 10.4. The van der Waals surface area contributed by atoms with Crippen molar-refractivity contribution in [3.05, 3.63) is 42.8 Å². The van der Waals surface area contributed by atoms with Gasteiger partial charge in [0.1, 0.15) is 5.82 Å². The van der Waals surface area contributed by atoms with Crippen molar-refractivity contribution < 1.29 is 37.1 Å². The molecule has 2 rings (SSSR count). The standard InChI is InChI=1S/C8H4FN2.C3H7.Y/c9-6-1-2-7-8(5-6)11-4-3-10-7;1-3-2;/h1-3,5H;3H,1-2H3;/q2*-1;. The van der Waals surface area contributed by atoms with Crippen molar-refractivity contribution in [1.82, 2.24) is 9.97 Å². The number of hydrogen-bond acceptors (Lipinski definition) is 2. The largest absolute Gasteiger partial charge is 0.448 e. The van der Waals surface area contributed by atoms with Crippen molar-refractivity contribution in [3.8, 4) is 0 Å². The van der Waals surface area contributed by atoms with E-state index in [-0.39, 0.29) is 38.5 Å². The molecule has 1 heterocycles. The number of rotatable bonds is 0. The molecule has 0 amide bonds. The van der Waals surface area contributed by atoms with Gasteiger partial charge in [-0.25, -0.2) is 4.39 Å². The monoisotopic (exact) mass is 279 g/mol. The fourth-order valence-electron chi connectivity index (χ4n) is 0.892. The van der Waals surface area contributed by atoms with Crippen LogP contribution in [0.3, 0.4) is 0 Å². The maximum absolute atomic E-state index is 12.6. The molecule has 15 heavy (non-hydrogen) atoms. The average Bonchev–Trinajstić information content (AvgIpc) is 2.19. The fraction of sp³-hybridized carbons (Fsp3) is 0.182. The van der Waals surface area contributed by atoms with Crippen molar-refractivity contribution in [2.24, 2.45) is 0 Å².